The Balaban J connectivity index is 1.68. The highest BCUT2D eigenvalue weighted by molar-refractivity contribution is 5.84. The highest BCUT2D eigenvalue weighted by Gasteiger charge is 2.26. The number of hydrogen-bond acceptors (Lipinski definition) is 2. The molecule has 2 heteroatoms. The number of benzene rings is 1. The van der Waals surface area contributed by atoms with Crippen molar-refractivity contribution in [1.82, 2.24) is 0 Å². The van der Waals surface area contributed by atoms with Crippen molar-refractivity contribution in [3.05, 3.63) is 34.9 Å². The Labute approximate surface area is 121 Å². The molecule has 2 unspecified atom stereocenters. The Hall–Kier alpha value is -1.15. The Bertz CT molecular complexity index is 494. The van der Waals surface area contributed by atoms with Crippen LogP contribution in [-0.2, 0) is 24.1 Å². The van der Waals surface area contributed by atoms with Crippen LogP contribution in [0.3, 0.4) is 0 Å². The van der Waals surface area contributed by atoms with Gasteiger partial charge in [0.15, 0.2) is 0 Å². The van der Waals surface area contributed by atoms with E-state index in [1.807, 2.05) is 0 Å². The minimum Gasteiger partial charge on any atom is -0.327 e. The molecular formula is C18H25NO. The third-order valence-electron chi connectivity index (χ3n) is 5.02. The second-order valence-corrected chi connectivity index (χ2v) is 6.51. The van der Waals surface area contributed by atoms with E-state index in [1.165, 1.54) is 48.8 Å². The maximum Gasteiger partial charge on any atom is 0.141 e. The molecule has 2 aliphatic rings. The van der Waals surface area contributed by atoms with Crippen molar-refractivity contribution in [2.24, 2.45) is 11.7 Å². The number of carbonyl (C=O) groups excluding carboxylic acids is 1. The average molecular weight is 271 g/mol. The third-order valence-corrected chi connectivity index (χ3v) is 5.02. The van der Waals surface area contributed by atoms with Gasteiger partial charge in [0, 0.05) is 18.4 Å². The molecule has 0 heterocycles. The number of nitrogens with two attached hydrogens (primary N) is 1. The number of rotatable bonds is 3. The zero-order valence-corrected chi connectivity index (χ0v) is 12.2. The molecule has 0 aliphatic heterocycles. The summed E-state index contributed by atoms with van der Waals surface area (Å²) in [6.45, 7) is 0. The van der Waals surface area contributed by atoms with Crippen molar-refractivity contribution >= 4 is 5.78 Å². The molecule has 0 bridgehead atoms. The summed E-state index contributed by atoms with van der Waals surface area (Å²) in [4.78, 5) is 12.6. The van der Waals surface area contributed by atoms with Crippen molar-refractivity contribution in [2.75, 3.05) is 0 Å². The lowest BCUT2D eigenvalue weighted by Gasteiger charge is -2.20. The molecule has 3 rings (SSSR count). The standard InChI is InChI=1S/C18H25NO/c19-17-8-3-1-2-7-16(17)18(20)12-13-9-10-14-5-4-6-15(14)11-13/h9-11,16-17H,1-8,12,19H2. The Morgan fingerprint density at radius 3 is 2.75 bits per heavy atom. The van der Waals surface area contributed by atoms with Crippen LogP contribution in [0.15, 0.2) is 18.2 Å². The zero-order valence-electron chi connectivity index (χ0n) is 12.2. The minimum absolute atomic E-state index is 0.0828. The number of Topliss-reactive ketones (excluding diaryl/α,β-unsaturated/α-hetero) is 1. The first kappa shape index (κ1) is 13.8. The summed E-state index contributed by atoms with van der Waals surface area (Å²) in [5.74, 6) is 0.447. The normalized spacial score (nSPS) is 26.1. The molecule has 20 heavy (non-hydrogen) atoms. The monoisotopic (exact) mass is 271 g/mol. The van der Waals surface area contributed by atoms with E-state index in [9.17, 15) is 4.79 Å². The summed E-state index contributed by atoms with van der Waals surface area (Å²) in [5, 5.41) is 0. The van der Waals surface area contributed by atoms with Gasteiger partial charge in [-0.15, -0.1) is 0 Å². The summed E-state index contributed by atoms with van der Waals surface area (Å²) in [6, 6.07) is 6.70. The predicted molar refractivity (Wildman–Crippen MR) is 81.7 cm³/mol. The molecule has 2 nitrogen and oxygen atoms in total. The number of fused-ring (bicyclic) bond motifs is 1. The van der Waals surface area contributed by atoms with E-state index in [0.717, 1.165) is 19.3 Å². The second kappa shape index (κ2) is 6.09. The van der Waals surface area contributed by atoms with Gasteiger partial charge in [0.2, 0.25) is 0 Å². The first-order valence-corrected chi connectivity index (χ1v) is 8.13. The van der Waals surface area contributed by atoms with Gasteiger partial charge in [0.25, 0.3) is 0 Å². The molecule has 108 valence electrons. The fraction of sp³-hybridized carbons (Fsp3) is 0.611. The number of aryl methyl sites for hydroxylation is 2. The van der Waals surface area contributed by atoms with Crippen LogP contribution < -0.4 is 5.73 Å². The molecule has 0 amide bonds. The van der Waals surface area contributed by atoms with Crippen LogP contribution in [0, 0.1) is 5.92 Å². The van der Waals surface area contributed by atoms with Gasteiger partial charge in [0.05, 0.1) is 0 Å². The van der Waals surface area contributed by atoms with Gasteiger partial charge in [-0.05, 0) is 48.8 Å². The molecule has 1 fully saturated rings. The largest absolute Gasteiger partial charge is 0.327 e. The average Bonchev–Trinajstić information content (AvgIpc) is 2.79. The van der Waals surface area contributed by atoms with E-state index in [1.54, 1.807) is 0 Å². The smallest absolute Gasteiger partial charge is 0.141 e. The fourth-order valence-electron chi connectivity index (χ4n) is 3.80. The SMILES string of the molecule is NC1CCCCCC1C(=O)Cc1ccc2c(c1)CCC2. The molecule has 2 N–H and O–H groups in total. The first-order chi connectivity index (χ1) is 9.74. The van der Waals surface area contributed by atoms with Gasteiger partial charge >= 0.3 is 0 Å². The van der Waals surface area contributed by atoms with E-state index in [4.69, 9.17) is 5.73 Å². The van der Waals surface area contributed by atoms with Crippen molar-refractivity contribution < 1.29 is 4.79 Å². The van der Waals surface area contributed by atoms with Crippen LogP contribution in [0.25, 0.3) is 0 Å². The lowest BCUT2D eigenvalue weighted by molar-refractivity contribution is -0.123. The fourth-order valence-corrected chi connectivity index (χ4v) is 3.80. The Kier molecular flexibility index (Phi) is 4.21. The van der Waals surface area contributed by atoms with Gasteiger partial charge < -0.3 is 5.73 Å². The van der Waals surface area contributed by atoms with Crippen molar-refractivity contribution in [1.29, 1.82) is 0 Å². The Morgan fingerprint density at radius 1 is 1.05 bits per heavy atom. The molecule has 0 radical (unpaired) electrons. The molecule has 0 spiro atoms. The van der Waals surface area contributed by atoms with E-state index < -0.39 is 0 Å². The van der Waals surface area contributed by atoms with Crippen LogP contribution in [-0.4, -0.2) is 11.8 Å². The number of carbonyl (C=O) groups is 1. The first-order valence-electron chi connectivity index (χ1n) is 8.13. The molecule has 0 aromatic heterocycles. The van der Waals surface area contributed by atoms with E-state index in [-0.39, 0.29) is 12.0 Å². The molecule has 1 saturated carbocycles. The van der Waals surface area contributed by atoms with E-state index in [0.29, 0.717) is 12.2 Å². The molecule has 0 saturated heterocycles. The lowest BCUT2D eigenvalue weighted by atomic mass is 9.87. The van der Waals surface area contributed by atoms with Gasteiger partial charge in [-0.3, -0.25) is 4.79 Å². The quantitative estimate of drug-likeness (QED) is 0.858. The van der Waals surface area contributed by atoms with Crippen molar-refractivity contribution in [2.45, 2.75) is 63.8 Å². The molecular weight excluding hydrogens is 246 g/mol. The molecule has 2 atom stereocenters. The topological polar surface area (TPSA) is 43.1 Å². The van der Waals surface area contributed by atoms with Crippen molar-refractivity contribution in [3.63, 3.8) is 0 Å². The van der Waals surface area contributed by atoms with Gasteiger partial charge in [0.1, 0.15) is 5.78 Å². The summed E-state index contributed by atoms with van der Waals surface area (Å²) < 4.78 is 0. The number of ketones is 1. The molecule has 1 aromatic rings. The van der Waals surface area contributed by atoms with Gasteiger partial charge in [-0.25, -0.2) is 0 Å². The van der Waals surface area contributed by atoms with Gasteiger partial charge in [-0.2, -0.15) is 0 Å². The van der Waals surface area contributed by atoms with E-state index >= 15 is 0 Å². The van der Waals surface area contributed by atoms with Crippen LogP contribution in [0.1, 0.15) is 55.2 Å². The predicted octanol–water partition coefficient (Wildman–Crippen LogP) is 3.19. The van der Waals surface area contributed by atoms with Gasteiger partial charge in [-0.1, -0.05) is 37.5 Å². The highest BCUT2D eigenvalue weighted by Crippen LogP contribution is 2.26. The van der Waals surface area contributed by atoms with Crippen LogP contribution in [0.5, 0.6) is 0 Å². The van der Waals surface area contributed by atoms with Crippen LogP contribution in [0.4, 0.5) is 0 Å². The Morgan fingerprint density at radius 2 is 1.85 bits per heavy atom. The van der Waals surface area contributed by atoms with Crippen molar-refractivity contribution in [3.8, 4) is 0 Å². The highest BCUT2D eigenvalue weighted by atomic mass is 16.1. The second-order valence-electron chi connectivity index (χ2n) is 6.51. The zero-order chi connectivity index (χ0) is 13.9. The lowest BCUT2D eigenvalue weighted by Crippen LogP contribution is -2.35. The molecule has 1 aromatic carbocycles. The number of hydrogen-bond donors (Lipinski definition) is 1. The maximum atomic E-state index is 12.6. The summed E-state index contributed by atoms with van der Waals surface area (Å²) in [5.41, 5.74) is 10.3. The summed E-state index contributed by atoms with van der Waals surface area (Å²) in [7, 11) is 0. The maximum absolute atomic E-state index is 12.6. The third kappa shape index (κ3) is 2.95. The molecule has 2 aliphatic carbocycles. The summed E-state index contributed by atoms with van der Waals surface area (Å²) in [6.07, 6.45) is 9.81. The summed E-state index contributed by atoms with van der Waals surface area (Å²) >= 11 is 0. The van der Waals surface area contributed by atoms with Crippen LogP contribution in [0.2, 0.25) is 0 Å². The minimum atomic E-state index is 0.0828. The van der Waals surface area contributed by atoms with Crippen LogP contribution >= 0.6 is 0 Å². The van der Waals surface area contributed by atoms with E-state index in [2.05, 4.69) is 18.2 Å².